The standard InChI is InChI=1S/C39H54N4O5Si/c1-38(2,3)47-37(45)43(26-34(31-16-19-35(40)41-24-31)48-49(7,8)39(4,5)6)25-32-17-14-29-22-28(15-18-33(29)46-32)27-12-11-13-30(23-27)36(44)42-20-9-10-21-42/h11-13,15-16,18-19,22-24,32,34H,9-10,14,17,20-21,25-26H2,1-8H3,(H2,40,41)/t32?,34-/m0/s1. The van der Waals surface area contributed by atoms with Crippen molar-refractivity contribution in [3.63, 3.8) is 0 Å². The molecule has 0 saturated carbocycles. The number of carbonyl (C=O) groups is 2. The van der Waals surface area contributed by atoms with Gasteiger partial charge in [0.25, 0.3) is 5.91 Å². The van der Waals surface area contributed by atoms with E-state index in [1.807, 2.05) is 68.1 Å². The lowest BCUT2D eigenvalue weighted by atomic mass is 9.96. The SMILES string of the molecule is CC(C)(C)OC(=O)N(CC1CCc2cc(-c3cccc(C(=O)N4CCCC4)c3)ccc2O1)C[C@H](O[Si](C)(C)C(C)(C)C)c1ccc(N)nc1. The number of amides is 2. The van der Waals surface area contributed by atoms with Crippen LogP contribution in [0.5, 0.6) is 5.75 Å². The van der Waals surface area contributed by atoms with Gasteiger partial charge in [0.1, 0.15) is 23.3 Å². The maximum Gasteiger partial charge on any atom is 0.410 e. The highest BCUT2D eigenvalue weighted by molar-refractivity contribution is 6.74. The molecule has 2 aromatic carbocycles. The minimum atomic E-state index is -2.25. The van der Waals surface area contributed by atoms with Gasteiger partial charge in [-0.2, -0.15) is 0 Å². The Kier molecular flexibility index (Phi) is 10.8. The maximum atomic E-state index is 13.8. The number of benzene rings is 2. The summed E-state index contributed by atoms with van der Waals surface area (Å²) in [5.74, 6) is 1.34. The van der Waals surface area contributed by atoms with Gasteiger partial charge in [-0.15, -0.1) is 0 Å². The van der Waals surface area contributed by atoms with Crippen molar-refractivity contribution in [3.05, 3.63) is 77.5 Å². The Morgan fingerprint density at radius 1 is 1.02 bits per heavy atom. The van der Waals surface area contributed by atoms with Gasteiger partial charge in [-0.25, -0.2) is 9.78 Å². The number of fused-ring (bicyclic) bond motifs is 1. The Hall–Kier alpha value is -3.89. The summed E-state index contributed by atoms with van der Waals surface area (Å²) >= 11 is 0. The molecule has 1 unspecified atom stereocenters. The molecule has 3 heterocycles. The zero-order valence-corrected chi connectivity index (χ0v) is 31.5. The van der Waals surface area contributed by atoms with Crippen molar-refractivity contribution in [1.29, 1.82) is 0 Å². The second-order valence-corrected chi connectivity index (χ2v) is 20.7. The van der Waals surface area contributed by atoms with Crippen LogP contribution >= 0.6 is 0 Å². The smallest absolute Gasteiger partial charge is 0.410 e. The predicted octanol–water partition coefficient (Wildman–Crippen LogP) is 8.26. The number of ether oxygens (including phenoxy) is 2. The van der Waals surface area contributed by atoms with E-state index in [1.165, 1.54) is 0 Å². The summed E-state index contributed by atoms with van der Waals surface area (Å²) in [5.41, 5.74) is 10.0. The zero-order chi connectivity index (χ0) is 35.6. The quantitative estimate of drug-likeness (QED) is 0.226. The molecular weight excluding hydrogens is 633 g/mol. The van der Waals surface area contributed by atoms with Crippen LogP contribution in [0.3, 0.4) is 0 Å². The summed E-state index contributed by atoms with van der Waals surface area (Å²) < 4.78 is 19.4. The molecule has 3 aromatic rings. The Morgan fingerprint density at radius 3 is 2.39 bits per heavy atom. The van der Waals surface area contributed by atoms with Crippen LogP contribution in [-0.2, 0) is 15.6 Å². The summed E-state index contributed by atoms with van der Waals surface area (Å²) in [4.78, 5) is 34.8. The van der Waals surface area contributed by atoms with Gasteiger partial charge in [0, 0.05) is 24.8 Å². The lowest BCUT2D eigenvalue weighted by molar-refractivity contribution is 0.00490. The van der Waals surface area contributed by atoms with Gasteiger partial charge in [-0.05, 0) is 117 Å². The molecule has 5 rings (SSSR count). The van der Waals surface area contributed by atoms with Crippen molar-refractivity contribution in [2.45, 2.75) is 103 Å². The molecule has 264 valence electrons. The summed E-state index contributed by atoms with van der Waals surface area (Å²) in [5, 5.41) is -0.0387. The van der Waals surface area contributed by atoms with Gasteiger partial charge in [0.05, 0.1) is 19.2 Å². The molecule has 2 atom stereocenters. The van der Waals surface area contributed by atoms with E-state index in [0.29, 0.717) is 12.4 Å². The van der Waals surface area contributed by atoms with Crippen molar-refractivity contribution >= 4 is 26.1 Å². The highest BCUT2D eigenvalue weighted by Gasteiger charge is 2.41. The number of anilines is 1. The van der Waals surface area contributed by atoms with Gasteiger partial charge in [0.2, 0.25) is 0 Å². The van der Waals surface area contributed by atoms with E-state index in [9.17, 15) is 9.59 Å². The molecule has 2 N–H and O–H groups in total. The molecular formula is C39H54N4O5Si. The first-order valence-corrected chi connectivity index (χ1v) is 20.5. The molecule has 2 aliphatic heterocycles. The monoisotopic (exact) mass is 686 g/mol. The minimum absolute atomic E-state index is 0.0387. The number of pyridine rings is 1. The topological polar surface area (TPSA) is 107 Å². The molecule has 49 heavy (non-hydrogen) atoms. The van der Waals surface area contributed by atoms with Crippen LogP contribution in [-0.4, -0.2) is 73.0 Å². The van der Waals surface area contributed by atoms with Crippen LogP contribution in [0.25, 0.3) is 11.1 Å². The molecule has 2 amide bonds. The fourth-order valence-corrected chi connectivity index (χ4v) is 7.31. The molecule has 0 bridgehead atoms. The van der Waals surface area contributed by atoms with Crippen molar-refractivity contribution < 1.29 is 23.5 Å². The molecule has 1 aromatic heterocycles. The first kappa shape index (κ1) is 36.4. The Balaban J connectivity index is 1.35. The highest BCUT2D eigenvalue weighted by Crippen LogP contribution is 2.40. The number of aromatic nitrogens is 1. The maximum absolute atomic E-state index is 13.8. The highest BCUT2D eigenvalue weighted by atomic mass is 28.4. The van der Waals surface area contributed by atoms with Crippen LogP contribution in [0.2, 0.25) is 18.1 Å². The predicted molar refractivity (Wildman–Crippen MR) is 197 cm³/mol. The minimum Gasteiger partial charge on any atom is -0.488 e. The molecule has 1 fully saturated rings. The third-order valence-corrected chi connectivity index (χ3v) is 14.3. The summed E-state index contributed by atoms with van der Waals surface area (Å²) in [6.45, 7) is 18.9. The Morgan fingerprint density at radius 2 is 1.73 bits per heavy atom. The van der Waals surface area contributed by atoms with Crippen LogP contribution in [0.15, 0.2) is 60.8 Å². The molecule has 9 nitrogen and oxygen atoms in total. The van der Waals surface area contributed by atoms with E-state index in [-0.39, 0.29) is 23.6 Å². The van der Waals surface area contributed by atoms with Gasteiger partial charge in [0.15, 0.2) is 8.32 Å². The largest absolute Gasteiger partial charge is 0.488 e. The number of nitrogen functional groups attached to an aromatic ring is 1. The van der Waals surface area contributed by atoms with Crippen LogP contribution < -0.4 is 10.5 Å². The normalized spacial score (nSPS) is 17.2. The first-order chi connectivity index (χ1) is 23.0. The number of nitrogens with two attached hydrogens (primary N) is 1. The third kappa shape index (κ3) is 9.22. The Labute approximate surface area is 293 Å². The number of nitrogens with zero attached hydrogens (tertiary/aromatic N) is 3. The van der Waals surface area contributed by atoms with E-state index in [1.54, 1.807) is 17.2 Å². The van der Waals surface area contributed by atoms with E-state index < -0.39 is 26.1 Å². The Bertz CT molecular complexity index is 1620. The number of likely N-dealkylation sites (tertiary alicyclic amines) is 1. The van der Waals surface area contributed by atoms with Gasteiger partial charge >= 0.3 is 6.09 Å². The number of hydrogen-bond acceptors (Lipinski definition) is 7. The second-order valence-electron chi connectivity index (χ2n) is 15.9. The number of rotatable bonds is 9. The molecule has 1 saturated heterocycles. The number of hydrogen-bond donors (Lipinski definition) is 1. The second kappa shape index (κ2) is 14.5. The fourth-order valence-electron chi connectivity index (χ4n) is 6.03. The van der Waals surface area contributed by atoms with Gasteiger partial charge in [-0.1, -0.05) is 45.0 Å². The zero-order valence-electron chi connectivity index (χ0n) is 30.5. The van der Waals surface area contributed by atoms with Crippen LogP contribution in [0, 0.1) is 0 Å². The number of aryl methyl sites for hydroxylation is 1. The fraction of sp³-hybridized carbons (Fsp3) is 0.513. The molecule has 2 aliphatic rings. The summed E-state index contributed by atoms with van der Waals surface area (Å²) in [6.07, 6.45) is 4.35. The lowest BCUT2D eigenvalue weighted by Gasteiger charge is -2.41. The van der Waals surface area contributed by atoms with E-state index in [4.69, 9.17) is 19.6 Å². The average Bonchev–Trinajstić information content (AvgIpc) is 3.58. The molecule has 0 aliphatic carbocycles. The van der Waals surface area contributed by atoms with Crippen molar-refractivity contribution in [2.75, 3.05) is 31.9 Å². The van der Waals surface area contributed by atoms with Crippen molar-refractivity contribution in [3.8, 4) is 16.9 Å². The summed E-state index contributed by atoms with van der Waals surface area (Å²) in [6, 6.07) is 17.8. The molecule has 0 spiro atoms. The first-order valence-electron chi connectivity index (χ1n) is 17.6. The van der Waals surface area contributed by atoms with Crippen molar-refractivity contribution in [2.24, 2.45) is 0 Å². The summed E-state index contributed by atoms with van der Waals surface area (Å²) in [7, 11) is -2.25. The van der Waals surface area contributed by atoms with E-state index >= 15 is 0 Å². The third-order valence-electron chi connectivity index (χ3n) is 9.81. The number of carbonyl (C=O) groups excluding carboxylic acids is 2. The van der Waals surface area contributed by atoms with E-state index in [2.05, 4.69) is 44.9 Å². The van der Waals surface area contributed by atoms with Crippen LogP contribution in [0.1, 0.15) is 88.4 Å². The van der Waals surface area contributed by atoms with E-state index in [0.717, 1.165) is 72.3 Å². The molecule has 10 heteroatoms. The average molecular weight is 687 g/mol. The van der Waals surface area contributed by atoms with Crippen LogP contribution in [0.4, 0.5) is 10.6 Å². The van der Waals surface area contributed by atoms with Gasteiger partial charge < -0.3 is 29.4 Å². The molecule has 0 radical (unpaired) electrons. The van der Waals surface area contributed by atoms with Gasteiger partial charge in [-0.3, -0.25) is 4.79 Å². The van der Waals surface area contributed by atoms with Crippen molar-refractivity contribution in [1.82, 2.24) is 14.8 Å². The lowest BCUT2D eigenvalue weighted by Crippen LogP contribution is -2.48.